The molecular weight excluding hydrogens is 631 g/mol. The quantitative estimate of drug-likeness (QED) is 0.144. The molecule has 0 unspecified atom stereocenters. The Morgan fingerprint density at radius 1 is 0.469 bits per heavy atom. The Balaban J connectivity index is 1.14. The van der Waals surface area contributed by atoms with Crippen molar-refractivity contribution >= 4 is 119 Å². The summed E-state index contributed by atoms with van der Waals surface area (Å²) in [5.74, 6) is 0. The van der Waals surface area contributed by atoms with Crippen molar-refractivity contribution in [3.8, 4) is 43.1 Å². The number of hydrogen-bond acceptors (Lipinski definition) is 3. The molecule has 13 rings (SSSR count). The van der Waals surface area contributed by atoms with Crippen LogP contribution in [0.4, 0.5) is 5.69 Å². The second kappa shape index (κ2) is 8.20. The van der Waals surface area contributed by atoms with Crippen LogP contribution in [-0.2, 0) is 0 Å². The van der Waals surface area contributed by atoms with Crippen LogP contribution < -0.4 is 5.32 Å². The SMILES string of the molecule is C=C(C)c1cc2c(s1)-c1ccc3c4ccc5c6ccc7c8c(ccc(c9ccc(c%10ccc-2c1c%103)c4c95)c86)-c1sc2cc(NC)ccc2c1-7. The molecule has 0 saturated heterocycles. The third-order valence-corrected chi connectivity index (χ3v) is 14.3. The summed E-state index contributed by atoms with van der Waals surface area (Å²) in [5.41, 5.74) is 10.6. The van der Waals surface area contributed by atoms with Gasteiger partial charge in [0.2, 0.25) is 0 Å². The van der Waals surface area contributed by atoms with Gasteiger partial charge < -0.3 is 5.32 Å². The van der Waals surface area contributed by atoms with E-state index in [0.29, 0.717) is 0 Å². The maximum absolute atomic E-state index is 4.24. The topological polar surface area (TPSA) is 12.0 Å². The Morgan fingerprint density at radius 3 is 1.51 bits per heavy atom. The van der Waals surface area contributed by atoms with Crippen LogP contribution >= 0.6 is 22.7 Å². The standard InChI is InChI=1S/C46H25NS2/c1-20(2)36-19-35-30-11-10-26-22-6-9-25-29-14-17-34-43-32(44-31-5-4-21(47-3)18-37(31)49-46(34)44)15-12-27(41(29)43)23-7-8-24(38(22)39(23)25)28-13-16-33(45(35)48-36)42(30)40(26)28/h4-19,47H,1H2,2-3H3. The molecule has 0 atom stereocenters. The molecular formula is C46H25NS2. The molecule has 3 heteroatoms. The van der Waals surface area contributed by atoms with E-state index in [1.807, 2.05) is 29.7 Å². The Hall–Kier alpha value is -5.48. The van der Waals surface area contributed by atoms with E-state index >= 15 is 0 Å². The average molecular weight is 656 g/mol. The number of allylic oxidation sites excluding steroid dienone is 1. The summed E-state index contributed by atoms with van der Waals surface area (Å²) in [6.45, 7) is 6.35. The number of fused-ring (bicyclic) bond motifs is 12. The lowest BCUT2D eigenvalue weighted by atomic mass is 9.83. The lowest BCUT2D eigenvalue weighted by molar-refractivity contribution is 1.54. The zero-order valence-corrected chi connectivity index (χ0v) is 28.4. The van der Waals surface area contributed by atoms with Crippen molar-refractivity contribution in [2.24, 2.45) is 0 Å². The molecule has 1 N–H and O–H groups in total. The molecule has 0 amide bonds. The summed E-state index contributed by atoms with van der Waals surface area (Å²) >= 11 is 3.82. The van der Waals surface area contributed by atoms with Crippen molar-refractivity contribution in [1.29, 1.82) is 0 Å². The molecule has 2 aliphatic carbocycles. The van der Waals surface area contributed by atoms with Crippen LogP contribution in [0.5, 0.6) is 0 Å². The largest absolute Gasteiger partial charge is 0.388 e. The molecule has 2 heterocycles. The van der Waals surface area contributed by atoms with Gasteiger partial charge in [0.25, 0.3) is 0 Å². The molecule has 2 aromatic heterocycles. The summed E-state index contributed by atoms with van der Waals surface area (Å²) in [6.07, 6.45) is 0. The van der Waals surface area contributed by atoms with Crippen LogP contribution in [0.15, 0.2) is 104 Å². The zero-order chi connectivity index (χ0) is 32.0. The number of benzene rings is 9. The van der Waals surface area contributed by atoms with E-state index in [1.54, 1.807) is 0 Å². The van der Waals surface area contributed by atoms with Gasteiger partial charge in [-0.25, -0.2) is 0 Å². The van der Waals surface area contributed by atoms with Gasteiger partial charge in [-0.1, -0.05) is 85.4 Å². The molecule has 0 bridgehead atoms. The third-order valence-electron chi connectivity index (χ3n) is 11.8. The minimum Gasteiger partial charge on any atom is -0.388 e. The highest BCUT2D eigenvalue weighted by atomic mass is 32.1. The van der Waals surface area contributed by atoms with Crippen LogP contribution in [0, 0.1) is 0 Å². The van der Waals surface area contributed by atoms with Gasteiger partial charge in [-0.3, -0.25) is 0 Å². The molecule has 0 spiro atoms. The minimum atomic E-state index is 1.14. The van der Waals surface area contributed by atoms with Gasteiger partial charge in [-0.05, 0) is 117 Å². The molecule has 0 saturated carbocycles. The number of anilines is 1. The zero-order valence-electron chi connectivity index (χ0n) is 26.8. The number of hydrogen-bond donors (Lipinski definition) is 1. The molecule has 0 radical (unpaired) electrons. The molecule has 226 valence electrons. The molecule has 9 aromatic carbocycles. The monoisotopic (exact) mass is 655 g/mol. The van der Waals surface area contributed by atoms with E-state index in [-0.39, 0.29) is 0 Å². The maximum Gasteiger partial charge on any atom is 0.0440 e. The average Bonchev–Trinajstić information content (AvgIpc) is 3.88. The fourth-order valence-corrected chi connectivity index (χ4v) is 12.2. The second-order valence-corrected chi connectivity index (χ2v) is 16.2. The Labute approximate surface area is 289 Å². The summed E-state index contributed by atoms with van der Waals surface area (Å²) in [5, 5.41) is 24.0. The summed E-state index contributed by atoms with van der Waals surface area (Å²) in [6, 6.07) is 38.0. The third kappa shape index (κ3) is 2.74. The van der Waals surface area contributed by atoms with E-state index in [1.165, 1.54) is 134 Å². The molecule has 49 heavy (non-hydrogen) atoms. The van der Waals surface area contributed by atoms with E-state index in [2.05, 4.69) is 116 Å². The fraction of sp³-hybridized carbons (Fsp3) is 0.0435. The Morgan fingerprint density at radius 2 is 0.939 bits per heavy atom. The lowest BCUT2D eigenvalue weighted by Crippen LogP contribution is -1.92. The van der Waals surface area contributed by atoms with Gasteiger partial charge in [0, 0.05) is 59.7 Å². The Kier molecular flexibility index (Phi) is 4.27. The van der Waals surface area contributed by atoms with Crippen LogP contribution in [0.25, 0.3) is 134 Å². The first-order chi connectivity index (χ1) is 24.1. The fourth-order valence-electron chi connectivity index (χ4n) is 9.80. The first kappa shape index (κ1) is 25.5. The van der Waals surface area contributed by atoms with Crippen molar-refractivity contribution < 1.29 is 0 Å². The number of nitrogens with one attached hydrogen (secondary N) is 1. The molecule has 2 aliphatic rings. The van der Waals surface area contributed by atoms with E-state index in [9.17, 15) is 0 Å². The van der Waals surface area contributed by atoms with Gasteiger partial charge >= 0.3 is 0 Å². The summed E-state index contributed by atoms with van der Waals surface area (Å²) < 4.78 is 1.35. The van der Waals surface area contributed by atoms with Gasteiger partial charge in [-0.2, -0.15) is 0 Å². The lowest BCUT2D eigenvalue weighted by Gasteiger charge is -2.20. The molecule has 0 aliphatic heterocycles. The van der Waals surface area contributed by atoms with Crippen molar-refractivity contribution in [3.63, 3.8) is 0 Å². The number of rotatable bonds is 2. The normalized spacial score (nSPS) is 13.2. The van der Waals surface area contributed by atoms with E-state index < -0.39 is 0 Å². The summed E-state index contributed by atoms with van der Waals surface area (Å²) in [7, 11) is 2.00. The summed E-state index contributed by atoms with van der Waals surface area (Å²) in [4.78, 5) is 4.08. The molecule has 0 fully saturated rings. The van der Waals surface area contributed by atoms with Gasteiger partial charge in [-0.15, -0.1) is 22.7 Å². The number of thiophene rings is 2. The highest BCUT2D eigenvalue weighted by Gasteiger charge is 2.30. The first-order valence-corrected chi connectivity index (χ1v) is 18.6. The van der Waals surface area contributed by atoms with E-state index in [4.69, 9.17) is 0 Å². The highest BCUT2D eigenvalue weighted by molar-refractivity contribution is 7.23. The Bertz CT molecular complexity index is 3260. The second-order valence-electron chi connectivity index (χ2n) is 14.1. The molecule has 1 nitrogen and oxygen atoms in total. The van der Waals surface area contributed by atoms with Crippen molar-refractivity contribution in [2.75, 3.05) is 12.4 Å². The van der Waals surface area contributed by atoms with Crippen LogP contribution in [0.1, 0.15) is 11.8 Å². The van der Waals surface area contributed by atoms with Crippen LogP contribution in [-0.4, -0.2) is 7.05 Å². The van der Waals surface area contributed by atoms with Gasteiger partial charge in [0.05, 0.1) is 0 Å². The van der Waals surface area contributed by atoms with Crippen LogP contribution in [0.3, 0.4) is 0 Å². The van der Waals surface area contributed by atoms with Crippen LogP contribution in [0.2, 0.25) is 0 Å². The molecule has 11 aromatic rings. The van der Waals surface area contributed by atoms with Crippen molar-refractivity contribution in [1.82, 2.24) is 0 Å². The smallest absolute Gasteiger partial charge is 0.0440 e. The van der Waals surface area contributed by atoms with Gasteiger partial charge in [0.1, 0.15) is 0 Å². The van der Waals surface area contributed by atoms with Crippen molar-refractivity contribution in [3.05, 3.63) is 109 Å². The van der Waals surface area contributed by atoms with Gasteiger partial charge in [0.15, 0.2) is 0 Å². The maximum atomic E-state index is 4.24. The van der Waals surface area contributed by atoms with Crippen molar-refractivity contribution in [2.45, 2.75) is 6.92 Å². The first-order valence-electron chi connectivity index (χ1n) is 16.9. The van der Waals surface area contributed by atoms with E-state index in [0.717, 1.165) is 11.3 Å². The highest BCUT2D eigenvalue weighted by Crippen LogP contribution is 2.59. The predicted molar refractivity (Wildman–Crippen MR) is 218 cm³/mol. The minimum absolute atomic E-state index is 1.14. The predicted octanol–water partition coefficient (Wildman–Crippen LogP) is 14.3.